The number of nitrogens with two attached hydrogens (primary N) is 1. The van der Waals surface area contributed by atoms with Crippen LogP contribution in [0.4, 0.5) is 4.79 Å². The van der Waals surface area contributed by atoms with Crippen LogP contribution >= 0.6 is 0 Å². The second-order valence-electron chi connectivity index (χ2n) is 11.7. The van der Waals surface area contributed by atoms with Gasteiger partial charge in [-0.3, -0.25) is 14.4 Å². The van der Waals surface area contributed by atoms with Crippen molar-refractivity contribution in [2.45, 2.75) is 65.0 Å². The molecule has 244 valence electrons. The lowest BCUT2D eigenvalue weighted by Gasteiger charge is -2.30. The third-order valence-corrected chi connectivity index (χ3v) is 7.65. The summed E-state index contributed by atoms with van der Waals surface area (Å²) >= 11 is 0. The van der Waals surface area contributed by atoms with Crippen LogP contribution in [-0.4, -0.2) is 99.4 Å². The molecule has 0 aromatic rings. The van der Waals surface area contributed by atoms with Crippen LogP contribution in [0.5, 0.6) is 0 Å². The SMILES string of the molecule is COC1/C=C\C=C(/C)C(=O)NC2=CC(=O)C(NCCN(C)C)=C(C[C@@H](C)C[C@H](OC)[C@@H](O)[C@@H](C)/C=C(\C)[C@@H]1OC(N)=O)C2=O. The van der Waals surface area contributed by atoms with Gasteiger partial charge in [0.05, 0.1) is 23.6 Å². The van der Waals surface area contributed by atoms with E-state index < -0.39 is 53.9 Å². The number of ether oxygens (including phenoxy) is 3. The first-order chi connectivity index (χ1) is 20.7. The van der Waals surface area contributed by atoms with E-state index in [9.17, 15) is 24.3 Å². The number of likely N-dealkylation sites (N-methyl/N-ethyl adjacent to an activating group) is 1. The number of allylic oxidation sites excluding steroid dienone is 4. The Balaban J connectivity index is 2.60. The molecule has 6 atom stereocenters. The van der Waals surface area contributed by atoms with Crippen LogP contribution in [-0.2, 0) is 28.6 Å². The molecule has 2 bridgehead atoms. The van der Waals surface area contributed by atoms with Gasteiger partial charge in [-0.25, -0.2) is 4.79 Å². The van der Waals surface area contributed by atoms with Gasteiger partial charge in [0.1, 0.15) is 6.10 Å². The molecule has 2 rings (SSSR count). The lowest BCUT2D eigenvalue weighted by Crippen LogP contribution is -2.38. The van der Waals surface area contributed by atoms with E-state index >= 15 is 0 Å². The molecule has 5 N–H and O–H groups in total. The van der Waals surface area contributed by atoms with Crippen LogP contribution < -0.4 is 16.4 Å². The second-order valence-corrected chi connectivity index (χ2v) is 11.7. The Labute approximate surface area is 260 Å². The van der Waals surface area contributed by atoms with Crippen molar-refractivity contribution in [3.8, 4) is 0 Å². The molecule has 12 heteroatoms. The number of ketones is 2. The van der Waals surface area contributed by atoms with E-state index in [1.54, 1.807) is 32.1 Å². The van der Waals surface area contributed by atoms with Gasteiger partial charge in [-0.05, 0) is 52.3 Å². The van der Waals surface area contributed by atoms with Gasteiger partial charge in [0.25, 0.3) is 5.91 Å². The summed E-state index contributed by atoms with van der Waals surface area (Å²) in [6.45, 7) is 8.09. The molecule has 1 aliphatic heterocycles. The zero-order valence-electron chi connectivity index (χ0n) is 27.0. The largest absolute Gasteiger partial charge is 0.439 e. The van der Waals surface area contributed by atoms with Crippen molar-refractivity contribution in [1.29, 1.82) is 0 Å². The number of hydrogen-bond donors (Lipinski definition) is 4. The number of fused-ring (bicyclic) bond motifs is 2. The van der Waals surface area contributed by atoms with Crippen molar-refractivity contribution >= 4 is 23.6 Å². The molecule has 44 heavy (non-hydrogen) atoms. The Morgan fingerprint density at radius 3 is 2.43 bits per heavy atom. The topological polar surface area (TPSA) is 170 Å². The smallest absolute Gasteiger partial charge is 0.405 e. The molecule has 0 saturated carbocycles. The van der Waals surface area contributed by atoms with Gasteiger partial charge in [0.15, 0.2) is 6.10 Å². The molecule has 2 amide bonds. The van der Waals surface area contributed by atoms with Gasteiger partial charge in [-0.2, -0.15) is 0 Å². The number of Topliss-reactive ketones (excluding diaryl/α,β-unsaturated/α-hetero) is 1. The molecule has 0 aromatic heterocycles. The standard InChI is InChI=1S/C32H48N4O8/c1-18-14-22-27(34-12-13-36(5)6)24(37)17-23(29(22)39)35-31(40)19(2)10-9-11-25(42-7)30(44-32(33)41)21(4)16-20(3)28(38)26(15-18)43-8/h9-11,16-18,20,25-26,28,30,34,38H,12-15H2,1-8H3,(H2,33,41)(H,35,40)/b11-9-,19-10+,21-16+/t18-,20+,25?,26+,28+,30+/m1/s1. The minimum Gasteiger partial charge on any atom is -0.439 e. The Hall–Kier alpha value is -3.58. The second kappa shape index (κ2) is 17.0. The quantitative estimate of drug-likeness (QED) is 0.245. The molecule has 12 nitrogen and oxygen atoms in total. The summed E-state index contributed by atoms with van der Waals surface area (Å²) in [5, 5.41) is 17.0. The van der Waals surface area contributed by atoms with Crippen LogP contribution in [0.3, 0.4) is 0 Å². The highest BCUT2D eigenvalue weighted by molar-refractivity contribution is 6.23. The Morgan fingerprint density at radius 2 is 1.84 bits per heavy atom. The predicted molar refractivity (Wildman–Crippen MR) is 166 cm³/mol. The summed E-state index contributed by atoms with van der Waals surface area (Å²) in [6, 6.07) is 0. The van der Waals surface area contributed by atoms with E-state index in [1.807, 2.05) is 32.8 Å². The van der Waals surface area contributed by atoms with Crippen molar-refractivity contribution in [3.05, 3.63) is 58.5 Å². The van der Waals surface area contributed by atoms with E-state index in [4.69, 9.17) is 19.9 Å². The van der Waals surface area contributed by atoms with Gasteiger partial charge in [-0.15, -0.1) is 0 Å². The number of rotatable bonds is 7. The van der Waals surface area contributed by atoms with Gasteiger partial charge >= 0.3 is 6.09 Å². The predicted octanol–water partition coefficient (Wildman–Crippen LogP) is 1.91. The van der Waals surface area contributed by atoms with E-state index in [0.29, 0.717) is 25.1 Å². The molecule has 1 heterocycles. The average Bonchev–Trinajstić information content (AvgIpc) is 2.95. The van der Waals surface area contributed by atoms with Crippen LogP contribution in [0.2, 0.25) is 0 Å². The maximum atomic E-state index is 13.7. The molecular formula is C32H48N4O8. The number of carbonyl (C=O) groups is 4. The summed E-state index contributed by atoms with van der Waals surface area (Å²) in [4.78, 5) is 53.7. The maximum absolute atomic E-state index is 13.7. The lowest BCUT2D eigenvalue weighted by atomic mass is 9.85. The number of carbonyl (C=O) groups excluding carboxylic acids is 4. The fraction of sp³-hybridized carbons (Fsp3) is 0.562. The summed E-state index contributed by atoms with van der Waals surface area (Å²) in [6.07, 6.45) is 3.88. The van der Waals surface area contributed by atoms with Gasteiger partial charge in [-0.1, -0.05) is 38.2 Å². The summed E-state index contributed by atoms with van der Waals surface area (Å²) < 4.78 is 16.6. The molecule has 2 aliphatic rings. The lowest BCUT2D eigenvalue weighted by molar-refractivity contribution is -0.120. The van der Waals surface area contributed by atoms with Crippen LogP contribution in [0, 0.1) is 11.8 Å². The number of aliphatic hydroxyl groups is 1. The number of amides is 2. The van der Waals surface area contributed by atoms with E-state index in [2.05, 4.69) is 10.6 Å². The first-order valence-electron chi connectivity index (χ1n) is 14.7. The number of nitrogens with zero attached hydrogens (tertiary/aromatic N) is 1. The van der Waals surface area contributed by atoms with Crippen LogP contribution in [0.15, 0.2) is 58.5 Å². The molecule has 0 fully saturated rings. The normalized spacial score (nSPS) is 31.0. The number of nitrogens with one attached hydrogen (secondary N) is 2. The summed E-state index contributed by atoms with van der Waals surface area (Å²) in [5.74, 6) is -2.06. The van der Waals surface area contributed by atoms with Crippen molar-refractivity contribution in [2.24, 2.45) is 17.6 Å². The van der Waals surface area contributed by atoms with Crippen molar-refractivity contribution < 1.29 is 38.5 Å². The fourth-order valence-electron chi connectivity index (χ4n) is 5.18. The van der Waals surface area contributed by atoms with Crippen LogP contribution in [0.1, 0.15) is 40.5 Å². The Morgan fingerprint density at radius 1 is 1.16 bits per heavy atom. The summed E-state index contributed by atoms with van der Waals surface area (Å²) in [7, 11) is 6.74. The van der Waals surface area contributed by atoms with Crippen molar-refractivity contribution in [2.75, 3.05) is 41.4 Å². The molecule has 0 radical (unpaired) electrons. The number of hydrogen-bond acceptors (Lipinski definition) is 10. The molecule has 0 spiro atoms. The molecular weight excluding hydrogens is 568 g/mol. The minimum absolute atomic E-state index is 0.114. The third kappa shape index (κ3) is 10.3. The number of methoxy groups -OCH3 is 2. The Bertz CT molecular complexity index is 1230. The van der Waals surface area contributed by atoms with Crippen LogP contribution in [0.25, 0.3) is 0 Å². The molecule has 0 aromatic carbocycles. The zero-order chi connectivity index (χ0) is 33.1. The van der Waals surface area contributed by atoms with E-state index in [0.717, 1.165) is 6.08 Å². The van der Waals surface area contributed by atoms with E-state index in [1.165, 1.54) is 20.3 Å². The average molecular weight is 617 g/mol. The number of aliphatic hydroxyl groups excluding tert-OH is 1. The van der Waals surface area contributed by atoms with E-state index in [-0.39, 0.29) is 34.9 Å². The highest BCUT2D eigenvalue weighted by Crippen LogP contribution is 2.28. The fourth-order valence-corrected chi connectivity index (χ4v) is 5.18. The minimum atomic E-state index is -0.997. The van der Waals surface area contributed by atoms with Gasteiger partial charge in [0.2, 0.25) is 11.6 Å². The maximum Gasteiger partial charge on any atom is 0.405 e. The highest BCUT2D eigenvalue weighted by atomic mass is 16.6. The van der Waals surface area contributed by atoms with Crippen molar-refractivity contribution in [1.82, 2.24) is 15.5 Å². The van der Waals surface area contributed by atoms with Crippen molar-refractivity contribution in [3.63, 3.8) is 0 Å². The monoisotopic (exact) mass is 616 g/mol. The van der Waals surface area contributed by atoms with Gasteiger partial charge < -0.3 is 40.6 Å². The Kier molecular flexibility index (Phi) is 14.2. The van der Waals surface area contributed by atoms with Gasteiger partial charge in [0, 0.05) is 50.4 Å². The zero-order valence-corrected chi connectivity index (χ0v) is 27.0. The first-order valence-corrected chi connectivity index (χ1v) is 14.7. The number of primary amides is 1. The highest BCUT2D eigenvalue weighted by Gasteiger charge is 2.33. The molecule has 1 aliphatic carbocycles. The summed E-state index contributed by atoms with van der Waals surface area (Å²) in [5.41, 5.74) is 6.55. The molecule has 1 unspecified atom stereocenters. The first kappa shape index (κ1) is 36.6. The third-order valence-electron chi connectivity index (χ3n) is 7.65. The molecule has 0 saturated heterocycles.